The Bertz CT molecular complexity index is 896. The van der Waals surface area contributed by atoms with Gasteiger partial charge in [-0.1, -0.05) is 0 Å². The van der Waals surface area contributed by atoms with E-state index in [1.165, 1.54) is 11.3 Å². The van der Waals surface area contributed by atoms with Gasteiger partial charge in [-0.2, -0.15) is 0 Å². The van der Waals surface area contributed by atoms with Crippen molar-refractivity contribution in [1.82, 2.24) is 4.98 Å². The number of carbonyl (C=O) groups is 2. The molecule has 0 fully saturated rings. The summed E-state index contributed by atoms with van der Waals surface area (Å²) < 4.78 is 16.2. The zero-order valence-electron chi connectivity index (χ0n) is 13.2. The SMILES string of the molecule is CCOC(=O)c1c(C=O)oc2ccc(OCc3scnc3C)cc12. The van der Waals surface area contributed by atoms with Crippen LogP contribution in [0.4, 0.5) is 0 Å². The molecule has 0 saturated carbocycles. The molecule has 24 heavy (non-hydrogen) atoms. The first-order chi connectivity index (χ1) is 11.6. The minimum absolute atomic E-state index is 0.0427. The zero-order valence-corrected chi connectivity index (χ0v) is 14.0. The summed E-state index contributed by atoms with van der Waals surface area (Å²) in [5.41, 5.74) is 3.25. The van der Waals surface area contributed by atoms with Crippen LogP contribution in [-0.4, -0.2) is 23.8 Å². The van der Waals surface area contributed by atoms with Crippen LogP contribution < -0.4 is 4.74 Å². The molecule has 0 atom stereocenters. The van der Waals surface area contributed by atoms with Gasteiger partial charge in [0, 0.05) is 5.39 Å². The van der Waals surface area contributed by atoms with Crippen molar-refractivity contribution in [2.24, 2.45) is 0 Å². The lowest BCUT2D eigenvalue weighted by Gasteiger charge is -2.05. The van der Waals surface area contributed by atoms with Gasteiger partial charge in [0.2, 0.25) is 0 Å². The predicted molar refractivity (Wildman–Crippen MR) is 88.7 cm³/mol. The van der Waals surface area contributed by atoms with Crippen molar-refractivity contribution in [3.05, 3.63) is 45.6 Å². The minimum Gasteiger partial charge on any atom is -0.488 e. The first kappa shape index (κ1) is 16.2. The number of ether oxygens (including phenoxy) is 2. The molecule has 6 nitrogen and oxygen atoms in total. The molecule has 3 aromatic rings. The number of nitrogens with zero attached hydrogens (tertiary/aromatic N) is 1. The van der Waals surface area contributed by atoms with Crippen LogP contribution in [0.25, 0.3) is 11.0 Å². The maximum absolute atomic E-state index is 12.1. The van der Waals surface area contributed by atoms with Crippen LogP contribution in [0.5, 0.6) is 5.75 Å². The number of fused-ring (bicyclic) bond motifs is 1. The highest BCUT2D eigenvalue weighted by molar-refractivity contribution is 7.09. The maximum Gasteiger partial charge on any atom is 0.342 e. The van der Waals surface area contributed by atoms with Crippen LogP contribution in [0.2, 0.25) is 0 Å². The Balaban J connectivity index is 1.94. The first-order valence-corrected chi connectivity index (χ1v) is 8.22. The van der Waals surface area contributed by atoms with Gasteiger partial charge in [-0.15, -0.1) is 11.3 Å². The van der Waals surface area contributed by atoms with Crippen LogP contribution in [0.1, 0.15) is 38.4 Å². The molecule has 124 valence electrons. The number of thiazole rings is 1. The Morgan fingerprint density at radius 3 is 2.92 bits per heavy atom. The number of aromatic nitrogens is 1. The molecule has 0 aliphatic heterocycles. The average molecular weight is 345 g/mol. The van der Waals surface area contributed by atoms with Crippen molar-refractivity contribution in [1.29, 1.82) is 0 Å². The van der Waals surface area contributed by atoms with Crippen molar-refractivity contribution in [2.75, 3.05) is 6.61 Å². The van der Waals surface area contributed by atoms with E-state index in [4.69, 9.17) is 13.9 Å². The second kappa shape index (κ2) is 6.84. The van der Waals surface area contributed by atoms with E-state index in [0.29, 0.717) is 29.6 Å². The lowest BCUT2D eigenvalue weighted by atomic mass is 10.1. The highest BCUT2D eigenvalue weighted by atomic mass is 32.1. The Morgan fingerprint density at radius 1 is 1.42 bits per heavy atom. The molecule has 0 radical (unpaired) electrons. The second-order valence-corrected chi connectivity index (χ2v) is 5.93. The maximum atomic E-state index is 12.1. The fourth-order valence-corrected chi connectivity index (χ4v) is 2.98. The van der Waals surface area contributed by atoms with E-state index in [1.54, 1.807) is 30.6 Å². The van der Waals surface area contributed by atoms with Gasteiger partial charge < -0.3 is 13.9 Å². The van der Waals surface area contributed by atoms with E-state index in [0.717, 1.165) is 10.6 Å². The van der Waals surface area contributed by atoms with Gasteiger partial charge >= 0.3 is 5.97 Å². The summed E-state index contributed by atoms with van der Waals surface area (Å²) in [6.45, 7) is 4.22. The van der Waals surface area contributed by atoms with Gasteiger partial charge in [0.1, 0.15) is 23.5 Å². The van der Waals surface area contributed by atoms with E-state index in [2.05, 4.69) is 4.98 Å². The highest BCUT2D eigenvalue weighted by Crippen LogP contribution is 2.30. The predicted octanol–water partition coefficient (Wildman–Crippen LogP) is 3.77. The summed E-state index contributed by atoms with van der Waals surface area (Å²) >= 11 is 1.52. The van der Waals surface area contributed by atoms with E-state index in [-0.39, 0.29) is 17.9 Å². The van der Waals surface area contributed by atoms with Gasteiger partial charge in [0.25, 0.3) is 0 Å². The molecular formula is C17H15NO5S. The Kier molecular flexibility index (Phi) is 4.61. The molecule has 0 spiro atoms. The quantitative estimate of drug-likeness (QED) is 0.500. The number of aryl methyl sites for hydroxylation is 1. The number of furan rings is 1. The van der Waals surface area contributed by atoms with E-state index in [1.807, 2.05) is 6.92 Å². The fraction of sp³-hybridized carbons (Fsp3) is 0.235. The molecule has 7 heteroatoms. The molecular weight excluding hydrogens is 330 g/mol. The normalized spacial score (nSPS) is 10.8. The van der Waals surface area contributed by atoms with Crippen LogP contribution in [-0.2, 0) is 11.3 Å². The number of aldehydes is 1. The monoisotopic (exact) mass is 345 g/mol. The lowest BCUT2D eigenvalue weighted by molar-refractivity contribution is 0.0525. The van der Waals surface area contributed by atoms with Crippen LogP contribution >= 0.6 is 11.3 Å². The summed E-state index contributed by atoms with van der Waals surface area (Å²) in [7, 11) is 0. The largest absolute Gasteiger partial charge is 0.488 e. The molecule has 0 aliphatic carbocycles. The zero-order chi connectivity index (χ0) is 17.1. The summed E-state index contributed by atoms with van der Waals surface area (Å²) in [6, 6.07) is 5.07. The van der Waals surface area contributed by atoms with Gasteiger partial charge in [0.15, 0.2) is 12.0 Å². The molecule has 2 aromatic heterocycles. The molecule has 0 amide bonds. The minimum atomic E-state index is -0.589. The number of carbonyl (C=O) groups excluding carboxylic acids is 2. The average Bonchev–Trinajstić information content (AvgIpc) is 3.15. The summed E-state index contributed by atoms with van der Waals surface area (Å²) in [4.78, 5) is 28.5. The van der Waals surface area contributed by atoms with Crippen molar-refractivity contribution in [3.63, 3.8) is 0 Å². The van der Waals surface area contributed by atoms with Crippen molar-refractivity contribution >= 4 is 34.6 Å². The fourth-order valence-electron chi connectivity index (χ4n) is 2.30. The third kappa shape index (κ3) is 3.03. The van der Waals surface area contributed by atoms with E-state index < -0.39 is 5.97 Å². The molecule has 0 saturated heterocycles. The summed E-state index contributed by atoms with van der Waals surface area (Å²) in [5, 5.41) is 0.495. The Labute approximate surface area is 142 Å². The highest BCUT2D eigenvalue weighted by Gasteiger charge is 2.22. The topological polar surface area (TPSA) is 78.6 Å². The van der Waals surface area contributed by atoms with Crippen LogP contribution in [0, 0.1) is 6.92 Å². The van der Waals surface area contributed by atoms with Crippen LogP contribution in [0.3, 0.4) is 0 Å². The third-order valence-corrected chi connectivity index (χ3v) is 4.40. The van der Waals surface area contributed by atoms with Gasteiger partial charge in [-0.3, -0.25) is 4.79 Å². The molecule has 0 unspecified atom stereocenters. The molecule has 0 bridgehead atoms. The summed E-state index contributed by atoms with van der Waals surface area (Å²) in [5.74, 6) is -0.0631. The molecule has 0 aliphatic rings. The Morgan fingerprint density at radius 2 is 2.25 bits per heavy atom. The van der Waals surface area contributed by atoms with Gasteiger partial charge in [-0.25, -0.2) is 9.78 Å². The number of rotatable bonds is 6. The Hall–Kier alpha value is -2.67. The summed E-state index contributed by atoms with van der Waals surface area (Å²) in [6.07, 6.45) is 0.507. The van der Waals surface area contributed by atoms with Crippen molar-refractivity contribution < 1.29 is 23.5 Å². The molecule has 2 heterocycles. The number of esters is 1. The number of benzene rings is 1. The third-order valence-electron chi connectivity index (χ3n) is 3.49. The smallest absolute Gasteiger partial charge is 0.342 e. The van der Waals surface area contributed by atoms with E-state index in [9.17, 15) is 9.59 Å². The van der Waals surface area contributed by atoms with Gasteiger partial charge in [0.05, 0.1) is 22.7 Å². The van der Waals surface area contributed by atoms with Crippen molar-refractivity contribution in [2.45, 2.75) is 20.5 Å². The second-order valence-electron chi connectivity index (χ2n) is 4.99. The van der Waals surface area contributed by atoms with Crippen LogP contribution in [0.15, 0.2) is 28.1 Å². The lowest BCUT2D eigenvalue weighted by Crippen LogP contribution is -2.06. The van der Waals surface area contributed by atoms with Gasteiger partial charge in [-0.05, 0) is 32.0 Å². The standard InChI is InChI=1S/C17H15NO5S/c1-3-21-17(20)16-12-6-11(4-5-13(12)23-14(16)7-19)22-8-15-10(2)18-9-24-15/h4-7,9H,3,8H2,1-2H3. The first-order valence-electron chi connectivity index (χ1n) is 7.34. The molecule has 1 aromatic carbocycles. The molecule has 3 rings (SSSR count). The van der Waals surface area contributed by atoms with Crippen molar-refractivity contribution in [3.8, 4) is 5.75 Å². The number of hydrogen-bond acceptors (Lipinski definition) is 7. The van der Waals surface area contributed by atoms with E-state index >= 15 is 0 Å². The number of hydrogen-bond donors (Lipinski definition) is 0. The molecule has 0 N–H and O–H groups in total.